The van der Waals surface area contributed by atoms with Crippen LogP contribution < -0.4 is 10.3 Å². The summed E-state index contributed by atoms with van der Waals surface area (Å²) in [5.41, 5.74) is 6.59. The van der Waals surface area contributed by atoms with E-state index in [1.165, 1.54) is 0 Å². The number of hydrogen-bond donors (Lipinski definition) is 1. The summed E-state index contributed by atoms with van der Waals surface area (Å²) in [5.74, 6) is 0.00338. The van der Waals surface area contributed by atoms with Gasteiger partial charge < -0.3 is 4.74 Å². The summed E-state index contributed by atoms with van der Waals surface area (Å²) in [6, 6.07) is 0. The molecule has 0 unspecified atom stereocenters. The van der Waals surface area contributed by atoms with Crippen LogP contribution in [0.4, 0.5) is 5.95 Å². The van der Waals surface area contributed by atoms with Crippen molar-refractivity contribution in [1.29, 1.82) is 0 Å². The summed E-state index contributed by atoms with van der Waals surface area (Å²) >= 11 is 0. The Morgan fingerprint density at radius 3 is 2.93 bits per heavy atom. The van der Waals surface area contributed by atoms with Gasteiger partial charge in [-0.1, -0.05) is 4.98 Å². The Labute approximate surface area is 82.5 Å². The minimum absolute atomic E-state index is 0.354. The molecule has 0 fully saturated rings. The third-order valence-corrected chi connectivity index (χ3v) is 1.85. The molecule has 76 valence electrons. The lowest BCUT2D eigenvalue weighted by atomic mass is 10.2. The first-order valence-electron chi connectivity index (χ1n) is 4.36. The van der Waals surface area contributed by atoms with Crippen LogP contribution in [0.15, 0.2) is 6.20 Å². The fraction of sp³-hybridized carbons (Fsp3) is 0.444. The summed E-state index contributed by atoms with van der Waals surface area (Å²) in [6.07, 6.45) is 1.62. The first-order chi connectivity index (χ1) is 6.56. The molecule has 0 spiro atoms. The van der Waals surface area contributed by atoms with Crippen molar-refractivity contribution in [3.05, 3.63) is 17.5 Å². The van der Waals surface area contributed by atoms with Gasteiger partial charge in [-0.05, 0) is 13.8 Å². The summed E-state index contributed by atoms with van der Waals surface area (Å²) in [4.78, 5) is 15.4. The second-order valence-corrected chi connectivity index (χ2v) is 2.93. The lowest BCUT2D eigenvalue weighted by molar-refractivity contribution is -0.659. The van der Waals surface area contributed by atoms with Gasteiger partial charge in [0, 0.05) is 0 Å². The van der Waals surface area contributed by atoms with Gasteiger partial charge >= 0.3 is 11.9 Å². The number of nitrogens with two attached hydrogens (primary N) is 1. The molecule has 0 aliphatic rings. The van der Waals surface area contributed by atoms with Crippen molar-refractivity contribution in [2.24, 2.45) is 7.05 Å². The van der Waals surface area contributed by atoms with Crippen LogP contribution in [0, 0.1) is 6.92 Å². The third kappa shape index (κ3) is 1.99. The van der Waals surface area contributed by atoms with E-state index >= 15 is 0 Å². The van der Waals surface area contributed by atoms with Gasteiger partial charge in [-0.3, -0.25) is 5.73 Å². The van der Waals surface area contributed by atoms with E-state index in [1.54, 1.807) is 31.7 Å². The fourth-order valence-corrected chi connectivity index (χ4v) is 1.07. The number of carbonyl (C=O) groups is 1. The van der Waals surface area contributed by atoms with E-state index in [2.05, 4.69) is 4.98 Å². The summed E-state index contributed by atoms with van der Waals surface area (Å²) in [5, 5.41) is 0. The molecule has 0 saturated carbocycles. The smallest absolute Gasteiger partial charge is 0.389 e. The quantitative estimate of drug-likeness (QED) is 0.533. The molecule has 5 nitrogen and oxygen atoms in total. The minimum Gasteiger partial charge on any atom is -0.462 e. The Bertz CT molecular complexity index is 363. The Hall–Kier alpha value is -1.65. The maximum absolute atomic E-state index is 11.4. The van der Waals surface area contributed by atoms with Gasteiger partial charge in [0.15, 0.2) is 0 Å². The molecule has 0 aliphatic heterocycles. The number of nitrogens with zero attached hydrogens (tertiary/aromatic N) is 2. The maximum atomic E-state index is 11.4. The van der Waals surface area contributed by atoms with E-state index in [4.69, 9.17) is 10.5 Å². The molecule has 14 heavy (non-hydrogen) atoms. The Kier molecular flexibility index (Phi) is 3.01. The van der Waals surface area contributed by atoms with Crippen molar-refractivity contribution >= 4 is 11.9 Å². The van der Waals surface area contributed by atoms with E-state index in [-0.39, 0.29) is 5.97 Å². The molecule has 0 aliphatic carbocycles. The first kappa shape index (κ1) is 10.4. The average Bonchev–Trinajstić information content (AvgIpc) is 2.11. The zero-order valence-electron chi connectivity index (χ0n) is 8.57. The third-order valence-electron chi connectivity index (χ3n) is 1.85. The van der Waals surface area contributed by atoms with Gasteiger partial charge in [0.2, 0.25) is 0 Å². The average molecular weight is 196 g/mol. The van der Waals surface area contributed by atoms with Gasteiger partial charge in [0.05, 0.1) is 19.9 Å². The highest BCUT2D eigenvalue weighted by molar-refractivity contribution is 5.89. The van der Waals surface area contributed by atoms with E-state index in [0.717, 1.165) is 0 Å². The topological polar surface area (TPSA) is 69.1 Å². The van der Waals surface area contributed by atoms with Gasteiger partial charge in [0.25, 0.3) is 0 Å². The molecular weight excluding hydrogens is 182 g/mol. The molecule has 1 aromatic heterocycles. The second kappa shape index (κ2) is 4.04. The fourth-order valence-electron chi connectivity index (χ4n) is 1.07. The Balaban J connectivity index is 3.09. The summed E-state index contributed by atoms with van der Waals surface area (Å²) in [6.45, 7) is 3.84. The highest BCUT2D eigenvalue weighted by atomic mass is 16.5. The minimum atomic E-state index is -0.367. The van der Waals surface area contributed by atoms with Crippen molar-refractivity contribution in [3.8, 4) is 0 Å². The van der Waals surface area contributed by atoms with Crippen LogP contribution in [0.2, 0.25) is 0 Å². The normalized spacial score (nSPS) is 9.93. The van der Waals surface area contributed by atoms with Crippen molar-refractivity contribution in [2.75, 3.05) is 12.3 Å². The lowest BCUT2D eigenvalue weighted by Gasteiger charge is -2.03. The standard InChI is InChI=1S/C9H13N3O2/c1-4-14-8(13)7-5-12(3)9(10)11-6(7)2/h5,10H,4H2,1-3H3/p+1. The van der Waals surface area contributed by atoms with Crippen molar-refractivity contribution in [2.45, 2.75) is 13.8 Å². The predicted octanol–water partition coefficient (Wildman–Crippen LogP) is -0.0266. The molecule has 0 aromatic carbocycles. The number of nitrogen functional groups attached to an aromatic ring is 1. The number of hydrogen-bond acceptors (Lipinski definition) is 4. The van der Waals surface area contributed by atoms with Crippen LogP contribution in [0.5, 0.6) is 0 Å². The number of carbonyl (C=O) groups excluding carboxylic acids is 1. The molecule has 1 rings (SSSR count). The zero-order chi connectivity index (χ0) is 10.7. The van der Waals surface area contributed by atoms with Crippen molar-refractivity contribution < 1.29 is 14.1 Å². The summed E-state index contributed by atoms with van der Waals surface area (Å²) in [7, 11) is 1.73. The van der Waals surface area contributed by atoms with E-state index in [0.29, 0.717) is 23.8 Å². The molecule has 0 radical (unpaired) electrons. The Morgan fingerprint density at radius 1 is 1.71 bits per heavy atom. The van der Waals surface area contributed by atoms with Crippen LogP contribution in [0.3, 0.4) is 0 Å². The van der Waals surface area contributed by atoms with Crippen LogP contribution in [-0.2, 0) is 11.8 Å². The zero-order valence-corrected chi connectivity index (χ0v) is 8.57. The maximum Gasteiger partial charge on any atom is 0.389 e. The number of esters is 1. The van der Waals surface area contributed by atoms with Gasteiger partial charge in [0.1, 0.15) is 11.3 Å². The van der Waals surface area contributed by atoms with E-state index < -0.39 is 0 Å². The molecular formula is C9H14N3O2+. The lowest BCUT2D eigenvalue weighted by Crippen LogP contribution is -2.35. The predicted molar refractivity (Wildman–Crippen MR) is 50.5 cm³/mol. The van der Waals surface area contributed by atoms with Crippen LogP contribution in [0.25, 0.3) is 0 Å². The molecule has 0 bridgehead atoms. The van der Waals surface area contributed by atoms with Crippen LogP contribution in [0.1, 0.15) is 23.0 Å². The molecule has 1 aromatic rings. The highest BCUT2D eigenvalue weighted by Gasteiger charge is 2.17. The second-order valence-electron chi connectivity index (χ2n) is 2.93. The molecule has 5 heteroatoms. The van der Waals surface area contributed by atoms with E-state index in [1.807, 2.05) is 0 Å². The molecule has 0 amide bonds. The van der Waals surface area contributed by atoms with Crippen LogP contribution in [-0.4, -0.2) is 17.6 Å². The van der Waals surface area contributed by atoms with Gasteiger partial charge in [-0.15, -0.1) is 0 Å². The summed E-state index contributed by atoms with van der Waals surface area (Å²) < 4.78 is 6.45. The van der Waals surface area contributed by atoms with Crippen LogP contribution >= 0.6 is 0 Å². The SMILES string of the molecule is CCOC(=O)c1c[n+](C)c(N)nc1C. The highest BCUT2D eigenvalue weighted by Crippen LogP contribution is 2.05. The van der Waals surface area contributed by atoms with Gasteiger partial charge in [-0.2, -0.15) is 0 Å². The molecule has 1 heterocycles. The molecule has 0 atom stereocenters. The molecule has 2 N–H and O–H groups in total. The molecule has 0 saturated heterocycles. The van der Waals surface area contributed by atoms with E-state index in [9.17, 15) is 4.79 Å². The Morgan fingerprint density at radius 2 is 2.36 bits per heavy atom. The number of rotatable bonds is 2. The first-order valence-corrected chi connectivity index (χ1v) is 4.36. The van der Waals surface area contributed by atoms with Crippen molar-refractivity contribution in [3.63, 3.8) is 0 Å². The number of aryl methyl sites for hydroxylation is 2. The monoisotopic (exact) mass is 196 g/mol. The van der Waals surface area contributed by atoms with Crippen molar-refractivity contribution in [1.82, 2.24) is 4.98 Å². The largest absolute Gasteiger partial charge is 0.462 e. The van der Waals surface area contributed by atoms with Gasteiger partial charge in [-0.25, -0.2) is 9.36 Å². The number of aromatic nitrogens is 2. The number of anilines is 1. The number of ether oxygens (including phenoxy) is 1.